The predicted octanol–water partition coefficient (Wildman–Crippen LogP) is 5.18. The van der Waals surface area contributed by atoms with E-state index >= 15 is 0 Å². The average Bonchev–Trinajstić information content (AvgIpc) is 2.95. The van der Waals surface area contributed by atoms with Crippen LogP contribution in [-0.4, -0.2) is 28.9 Å². The summed E-state index contributed by atoms with van der Waals surface area (Å²) >= 11 is 13.4. The number of amides is 1. The Labute approximate surface area is 162 Å². The number of piperidine rings is 1. The second kappa shape index (κ2) is 8.04. The van der Waals surface area contributed by atoms with Crippen molar-refractivity contribution in [3.8, 4) is 0 Å². The molecule has 1 aromatic heterocycles. The summed E-state index contributed by atoms with van der Waals surface area (Å²) in [6.45, 7) is 7.61. The van der Waals surface area contributed by atoms with E-state index in [1.807, 2.05) is 5.38 Å². The van der Waals surface area contributed by atoms with Crippen LogP contribution in [0, 0.1) is 11.8 Å². The van der Waals surface area contributed by atoms with Gasteiger partial charge in [0.15, 0.2) is 5.13 Å². The Bertz CT molecular complexity index is 755. The third kappa shape index (κ3) is 4.94. The van der Waals surface area contributed by atoms with Gasteiger partial charge in [-0.2, -0.15) is 0 Å². The Morgan fingerprint density at radius 2 is 2.04 bits per heavy atom. The maximum absolute atomic E-state index is 12.4. The molecule has 7 heteroatoms. The molecule has 2 atom stereocenters. The van der Waals surface area contributed by atoms with Gasteiger partial charge in [0.25, 0.3) is 5.91 Å². The molecule has 0 radical (unpaired) electrons. The van der Waals surface area contributed by atoms with E-state index < -0.39 is 0 Å². The lowest BCUT2D eigenvalue weighted by Gasteiger charge is -2.34. The van der Waals surface area contributed by atoms with Crippen molar-refractivity contribution in [2.75, 3.05) is 18.4 Å². The van der Waals surface area contributed by atoms with Crippen LogP contribution in [0.1, 0.15) is 36.3 Å². The van der Waals surface area contributed by atoms with E-state index in [1.54, 1.807) is 18.2 Å². The van der Waals surface area contributed by atoms with Gasteiger partial charge >= 0.3 is 0 Å². The molecular formula is C18H21Cl2N3OS. The molecule has 0 saturated carbocycles. The number of hydrogen-bond acceptors (Lipinski definition) is 4. The number of carbonyl (C=O) groups is 1. The number of hydrogen-bond donors (Lipinski definition) is 1. The SMILES string of the molecule is CC1CC(C)CN(Cc2csc(NC(=O)c3cc(Cl)ccc3Cl)n2)C1. The number of nitrogens with one attached hydrogen (secondary N) is 1. The summed E-state index contributed by atoms with van der Waals surface area (Å²) in [4.78, 5) is 19.4. The molecule has 0 bridgehead atoms. The molecule has 1 aliphatic heterocycles. The molecule has 0 spiro atoms. The molecule has 2 aromatic rings. The molecule has 1 aliphatic rings. The Morgan fingerprint density at radius 3 is 2.76 bits per heavy atom. The van der Waals surface area contributed by atoms with E-state index in [0.717, 1.165) is 25.3 Å². The van der Waals surface area contributed by atoms with Crippen LogP contribution >= 0.6 is 34.5 Å². The first-order valence-corrected chi connectivity index (χ1v) is 9.97. The number of nitrogens with zero attached hydrogens (tertiary/aromatic N) is 2. The number of benzene rings is 1. The van der Waals surface area contributed by atoms with Crippen molar-refractivity contribution < 1.29 is 4.79 Å². The number of likely N-dealkylation sites (tertiary alicyclic amines) is 1. The Hall–Kier alpha value is -1.14. The summed E-state index contributed by atoms with van der Waals surface area (Å²) in [5, 5.41) is 6.23. The summed E-state index contributed by atoms with van der Waals surface area (Å²) in [5.74, 6) is 1.13. The lowest BCUT2D eigenvalue weighted by Crippen LogP contribution is -2.38. The van der Waals surface area contributed by atoms with Gasteiger partial charge in [-0.1, -0.05) is 37.0 Å². The standard InChI is InChI=1S/C18H21Cl2N3OS/c1-11-5-12(2)8-23(7-11)9-14-10-25-18(21-14)22-17(24)15-6-13(19)3-4-16(15)20/h3-4,6,10-12H,5,7-9H2,1-2H3,(H,21,22,24). The van der Waals surface area contributed by atoms with Crippen molar-refractivity contribution in [2.45, 2.75) is 26.8 Å². The largest absolute Gasteiger partial charge is 0.298 e. The summed E-state index contributed by atoms with van der Waals surface area (Å²) in [6.07, 6.45) is 1.29. The second-order valence-electron chi connectivity index (χ2n) is 6.86. The summed E-state index contributed by atoms with van der Waals surface area (Å²) < 4.78 is 0. The van der Waals surface area contributed by atoms with Crippen molar-refractivity contribution in [1.82, 2.24) is 9.88 Å². The number of aromatic nitrogens is 1. The number of anilines is 1. The summed E-state index contributed by atoms with van der Waals surface area (Å²) in [6, 6.07) is 4.83. The van der Waals surface area contributed by atoms with Crippen molar-refractivity contribution in [3.63, 3.8) is 0 Å². The van der Waals surface area contributed by atoms with E-state index in [9.17, 15) is 4.79 Å². The molecule has 4 nitrogen and oxygen atoms in total. The van der Waals surface area contributed by atoms with E-state index in [1.165, 1.54) is 17.8 Å². The third-order valence-corrected chi connectivity index (χ3v) is 5.65. The molecule has 2 unspecified atom stereocenters. The Balaban J connectivity index is 1.63. The molecule has 0 aliphatic carbocycles. The van der Waals surface area contributed by atoms with Crippen molar-refractivity contribution in [1.29, 1.82) is 0 Å². The van der Waals surface area contributed by atoms with Crippen LogP contribution < -0.4 is 5.32 Å². The van der Waals surface area contributed by atoms with Crippen molar-refractivity contribution in [2.24, 2.45) is 11.8 Å². The van der Waals surface area contributed by atoms with Crippen LogP contribution in [0.25, 0.3) is 0 Å². The summed E-state index contributed by atoms with van der Waals surface area (Å²) in [7, 11) is 0. The highest BCUT2D eigenvalue weighted by atomic mass is 35.5. The van der Waals surface area contributed by atoms with Crippen LogP contribution in [0.5, 0.6) is 0 Å². The van der Waals surface area contributed by atoms with Gasteiger partial charge in [-0.25, -0.2) is 4.98 Å². The van der Waals surface area contributed by atoms with Crippen LogP contribution in [0.3, 0.4) is 0 Å². The fraction of sp³-hybridized carbons (Fsp3) is 0.444. The smallest absolute Gasteiger partial charge is 0.259 e. The highest BCUT2D eigenvalue weighted by Gasteiger charge is 2.22. The third-order valence-electron chi connectivity index (χ3n) is 4.28. The number of carbonyl (C=O) groups excluding carboxylic acids is 1. The second-order valence-corrected chi connectivity index (χ2v) is 8.56. The lowest BCUT2D eigenvalue weighted by molar-refractivity contribution is 0.102. The molecule has 1 fully saturated rings. The molecule has 1 aromatic carbocycles. The van der Waals surface area contributed by atoms with Gasteiger partial charge in [0.05, 0.1) is 16.3 Å². The van der Waals surface area contributed by atoms with Gasteiger partial charge < -0.3 is 0 Å². The minimum atomic E-state index is -0.298. The highest BCUT2D eigenvalue weighted by Crippen LogP contribution is 2.25. The zero-order chi connectivity index (χ0) is 18.0. The van der Waals surface area contributed by atoms with E-state index in [4.69, 9.17) is 23.2 Å². The van der Waals surface area contributed by atoms with Gasteiger partial charge in [0.2, 0.25) is 0 Å². The topological polar surface area (TPSA) is 45.2 Å². The molecule has 3 rings (SSSR count). The molecule has 134 valence electrons. The lowest BCUT2D eigenvalue weighted by atomic mass is 9.92. The summed E-state index contributed by atoms with van der Waals surface area (Å²) in [5.41, 5.74) is 1.34. The highest BCUT2D eigenvalue weighted by molar-refractivity contribution is 7.14. The van der Waals surface area contributed by atoms with E-state index in [-0.39, 0.29) is 5.91 Å². The normalized spacial score (nSPS) is 21.3. The van der Waals surface area contributed by atoms with Crippen LogP contribution in [-0.2, 0) is 6.54 Å². The first-order chi connectivity index (χ1) is 11.9. The Kier molecular flexibility index (Phi) is 6.00. The number of halogens is 2. The number of rotatable bonds is 4. The first kappa shape index (κ1) is 18.6. The minimum Gasteiger partial charge on any atom is -0.298 e. The van der Waals surface area contributed by atoms with E-state index in [0.29, 0.717) is 32.6 Å². The zero-order valence-corrected chi connectivity index (χ0v) is 16.6. The Morgan fingerprint density at radius 1 is 1.32 bits per heavy atom. The maximum Gasteiger partial charge on any atom is 0.259 e. The predicted molar refractivity (Wildman–Crippen MR) is 105 cm³/mol. The number of thiazole rings is 1. The molecule has 2 heterocycles. The van der Waals surface area contributed by atoms with Gasteiger partial charge in [-0.3, -0.25) is 15.0 Å². The van der Waals surface area contributed by atoms with Gasteiger partial charge in [0, 0.05) is 30.0 Å². The fourth-order valence-electron chi connectivity index (χ4n) is 3.42. The van der Waals surface area contributed by atoms with Gasteiger partial charge in [-0.15, -0.1) is 11.3 Å². The molecular weight excluding hydrogens is 377 g/mol. The fourth-order valence-corrected chi connectivity index (χ4v) is 4.50. The molecule has 1 N–H and O–H groups in total. The maximum atomic E-state index is 12.4. The molecule has 1 amide bonds. The van der Waals surface area contributed by atoms with Crippen LogP contribution in [0.15, 0.2) is 23.6 Å². The quantitative estimate of drug-likeness (QED) is 0.772. The first-order valence-electron chi connectivity index (χ1n) is 8.34. The van der Waals surface area contributed by atoms with Gasteiger partial charge in [-0.05, 0) is 36.5 Å². The van der Waals surface area contributed by atoms with E-state index in [2.05, 4.69) is 29.0 Å². The average molecular weight is 398 g/mol. The van der Waals surface area contributed by atoms with Crippen molar-refractivity contribution >= 4 is 45.6 Å². The van der Waals surface area contributed by atoms with Crippen molar-refractivity contribution in [3.05, 3.63) is 44.9 Å². The monoisotopic (exact) mass is 397 g/mol. The minimum absolute atomic E-state index is 0.298. The van der Waals surface area contributed by atoms with Crippen LogP contribution in [0.4, 0.5) is 5.13 Å². The van der Waals surface area contributed by atoms with Gasteiger partial charge in [0.1, 0.15) is 0 Å². The molecule has 1 saturated heterocycles. The molecule has 25 heavy (non-hydrogen) atoms. The van der Waals surface area contributed by atoms with Crippen LogP contribution in [0.2, 0.25) is 10.0 Å². The zero-order valence-electron chi connectivity index (χ0n) is 14.3.